The molecule has 0 saturated heterocycles. The fourth-order valence-corrected chi connectivity index (χ4v) is 2.99. The van der Waals surface area contributed by atoms with Gasteiger partial charge in [0.2, 0.25) is 0 Å². The van der Waals surface area contributed by atoms with Crippen molar-refractivity contribution >= 4 is 33.3 Å². The van der Waals surface area contributed by atoms with Crippen LogP contribution in [0.15, 0.2) is 78.9 Å². The van der Waals surface area contributed by atoms with Crippen LogP contribution in [-0.4, -0.2) is 11.8 Å². The minimum absolute atomic E-state index is 0.0266. The molecule has 126 valence electrons. The van der Waals surface area contributed by atoms with Crippen LogP contribution in [0.1, 0.15) is 27.6 Å². The van der Waals surface area contributed by atoms with E-state index < -0.39 is 5.97 Å². The van der Waals surface area contributed by atoms with Gasteiger partial charge >= 0.3 is 5.97 Å². The summed E-state index contributed by atoms with van der Waals surface area (Å²) in [5.41, 5.74) is 1.18. The van der Waals surface area contributed by atoms with Crippen molar-refractivity contribution in [2.45, 2.75) is 6.92 Å². The van der Waals surface area contributed by atoms with Gasteiger partial charge in [-0.05, 0) is 58.8 Å². The molecule has 26 heavy (non-hydrogen) atoms. The molecule has 0 aliphatic carbocycles. The van der Waals surface area contributed by atoms with E-state index in [1.165, 1.54) is 0 Å². The van der Waals surface area contributed by atoms with Crippen LogP contribution >= 0.6 is 0 Å². The summed E-state index contributed by atoms with van der Waals surface area (Å²) in [6, 6.07) is 24.3. The number of rotatable bonds is 3. The number of benzene rings is 4. The van der Waals surface area contributed by atoms with E-state index in [2.05, 4.69) is 0 Å². The maximum absolute atomic E-state index is 12.5. The number of carbonyl (C=O) groups excluding carboxylic acids is 2. The van der Waals surface area contributed by atoms with Crippen LogP contribution < -0.4 is 4.74 Å². The number of esters is 1. The Morgan fingerprint density at radius 1 is 0.654 bits per heavy atom. The van der Waals surface area contributed by atoms with E-state index >= 15 is 0 Å². The summed E-state index contributed by atoms with van der Waals surface area (Å²) in [4.78, 5) is 24.0. The Morgan fingerprint density at radius 2 is 1.23 bits per heavy atom. The van der Waals surface area contributed by atoms with Gasteiger partial charge in [0.15, 0.2) is 5.78 Å². The Hall–Kier alpha value is -3.46. The molecule has 0 aromatic heterocycles. The summed E-state index contributed by atoms with van der Waals surface area (Å²) < 4.78 is 5.53. The van der Waals surface area contributed by atoms with Gasteiger partial charge < -0.3 is 4.74 Å². The van der Waals surface area contributed by atoms with Crippen molar-refractivity contribution in [2.24, 2.45) is 0 Å². The number of hydrogen-bond donors (Lipinski definition) is 0. The third-order valence-corrected chi connectivity index (χ3v) is 4.41. The molecule has 0 N–H and O–H groups in total. The number of Topliss-reactive ketones (excluding diaryl/α,β-unsaturated/α-hetero) is 1. The van der Waals surface area contributed by atoms with Crippen molar-refractivity contribution < 1.29 is 14.3 Å². The second kappa shape index (κ2) is 6.45. The summed E-state index contributed by atoms with van der Waals surface area (Å²) >= 11 is 0. The van der Waals surface area contributed by atoms with Crippen LogP contribution in [0.3, 0.4) is 0 Å². The Morgan fingerprint density at radius 3 is 2.04 bits per heavy atom. The fourth-order valence-electron chi connectivity index (χ4n) is 2.99. The van der Waals surface area contributed by atoms with Crippen molar-refractivity contribution in [3.8, 4) is 5.75 Å². The topological polar surface area (TPSA) is 43.4 Å². The van der Waals surface area contributed by atoms with Crippen molar-refractivity contribution in [1.29, 1.82) is 0 Å². The summed E-state index contributed by atoms with van der Waals surface area (Å²) in [6.45, 7) is 1.54. The molecule has 0 radical (unpaired) electrons. The van der Waals surface area contributed by atoms with Crippen molar-refractivity contribution in [3.63, 3.8) is 0 Å². The van der Waals surface area contributed by atoms with Crippen molar-refractivity contribution in [3.05, 3.63) is 90.0 Å². The summed E-state index contributed by atoms with van der Waals surface area (Å²) in [5, 5.41) is 3.93. The second-order valence-corrected chi connectivity index (χ2v) is 6.23. The first kappa shape index (κ1) is 16.0. The molecule has 0 bridgehead atoms. The van der Waals surface area contributed by atoms with Gasteiger partial charge in [0.25, 0.3) is 0 Å². The molecular weight excluding hydrogens is 324 g/mol. The van der Waals surface area contributed by atoms with Crippen molar-refractivity contribution in [2.75, 3.05) is 0 Å². The summed E-state index contributed by atoms with van der Waals surface area (Å²) in [5.74, 6) is 0.111. The molecule has 0 aliphatic rings. The molecule has 3 nitrogen and oxygen atoms in total. The quantitative estimate of drug-likeness (QED) is 0.284. The minimum atomic E-state index is -0.393. The lowest BCUT2D eigenvalue weighted by Crippen LogP contribution is -2.08. The van der Waals surface area contributed by atoms with E-state index in [0.29, 0.717) is 16.9 Å². The standard InChI is InChI=1S/C23H16O3/c1-15(24)17-7-8-20-14-22(11-10-19(20)12-17)26-23(25)21-9-6-16-4-2-3-5-18(16)13-21/h2-14H,1H3. The maximum atomic E-state index is 12.5. The first-order chi connectivity index (χ1) is 12.6. The molecule has 0 saturated carbocycles. The van der Waals surface area contributed by atoms with Crippen LogP contribution in [0.25, 0.3) is 21.5 Å². The summed E-state index contributed by atoms with van der Waals surface area (Å²) in [6.07, 6.45) is 0. The monoisotopic (exact) mass is 340 g/mol. The van der Waals surface area contributed by atoms with Gasteiger partial charge in [-0.15, -0.1) is 0 Å². The maximum Gasteiger partial charge on any atom is 0.343 e. The SMILES string of the molecule is CC(=O)c1ccc2cc(OC(=O)c3ccc4ccccc4c3)ccc2c1. The third-order valence-electron chi connectivity index (χ3n) is 4.41. The highest BCUT2D eigenvalue weighted by Gasteiger charge is 2.10. The molecular formula is C23H16O3. The molecule has 0 aliphatic heterocycles. The molecule has 3 heteroatoms. The fraction of sp³-hybridized carbons (Fsp3) is 0.0435. The van der Waals surface area contributed by atoms with Crippen LogP contribution in [-0.2, 0) is 0 Å². The van der Waals surface area contributed by atoms with Crippen LogP contribution in [0.4, 0.5) is 0 Å². The predicted molar refractivity (Wildman–Crippen MR) is 103 cm³/mol. The molecule has 0 spiro atoms. The highest BCUT2D eigenvalue weighted by Crippen LogP contribution is 2.24. The molecule has 4 aromatic rings. The Balaban J connectivity index is 1.61. The Bertz CT molecular complexity index is 1160. The number of carbonyl (C=O) groups is 2. The average Bonchev–Trinajstić information content (AvgIpc) is 2.67. The molecule has 0 fully saturated rings. The van der Waals surface area contributed by atoms with E-state index in [1.54, 1.807) is 31.2 Å². The number of fused-ring (bicyclic) bond motifs is 2. The van der Waals surface area contributed by atoms with Gasteiger partial charge in [-0.25, -0.2) is 4.79 Å². The molecule has 0 atom stereocenters. The molecule has 0 unspecified atom stereocenters. The Kier molecular flexibility index (Phi) is 3.98. The molecule has 0 amide bonds. The zero-order valence-electron chi connectivity index (χ0n) is 14.2. The largest absolute Gasteiger partial charge is 0.423 e. The second-order valence-electron chi connectivity index (χ2n) is 6.23. The zero-order chi connectivity index (χ0) is 18.1. The van der Waals surface area contributed by atoms with E-state index in [9.17, 15) is 9.59 Å². The third kappa shape index (κ3) is 3.07. The first-order valence-electron chi connectivity index (χ1n) is 8.36. The van der Waals surface area contributed by atoms with E-state index in [-0.39, 0.29) is 5.78 Å². The van der Waals surface area contributed by atoms with Gasteiger partial charge in [0.1, 0.15) is 5.75 Å². The van der Waals surface area contributed by atoms with Gasteiger partial charge in [-0.2, -0.15) is 0 Å². The first-order valence-corrected chi connectivity index (χ1v) is 8.36. The van der Waals surface area contributed by atoms with E-state index in [4.69, 9.17) is 4.74 Å². The molecule has 4 aromatic carbocycles. The van der Waals surface area contributed by atoms with Gasteiger partial charge in [0.05, 0.1) is 5.56 Å². The van der Waals surface area contributed by atoms with Crippen LogP contribution in [0.2, 0.25) is 0 Å². The highest BCUT2D eigenvalue weighted by atomic mass is 16.5. The number of hydrogen-bond acceptors (Lipinski definition) is 3. The van der Waals surface area contributed by atoms with Crippen LogP contribution in [0.5, 0.6) is 5.75 Å². The minimum Gasteiger partial charge on any atom is -0.423 e. The van der Waals surface area contributed by atoms with E-state index in [0.717, 1.165) is 21.5 Å². The highest BCUT2D eigenvalue weighted by molar-refractivity contribution is 5.99. The molecule has 4 rings (SSSR count). The van der Waals surface area contributed by atoms with Crippen LogP contribution in [0, 0.1) is 0 Å². The lowest BCUT2D eigenvalue weighted by atomic mass is 10.0. The normalized spacial score (nSPS) is 10.8. The van der Waals surface area contributed by atoms with Gasteiger partial charge in [0, 0.05) is 5.56 Å². The van der Waals surface area contributed by atoms with E-state index in [1.807, 2.05) is 54.6 Å². The Labute approximate surface area is 150 Å². The van der Waals surface area contributed by atoms with Gasteiger partial charge in [-0.3, -0.25) is 4.79 Å². The summed E-state index contributed by atoms with van der Waals surface area (Å²) in [7, 11) is 0. The molecule has 0 heterocycles. The zero-order valence-corrected chi connectivity index (χ0v) is 14.2. The van der Waals surface area contributed by atoms with Gasteiger partial charge in [-0.1, -0.05) is 48.5 Å². The predicted octanol–water partition coefficient (Wildman–Crippen LogP) is 5.41. The smallest absolute Gasteiger partial charge is 0.343 e. The number of ether oxygens (including phenoxy) is 1. The number of ketones is 1. The lowest BCUT2D eigenvalue weighted by Gasteiger charge is -2.07. The van der Waals surface area contributed by atoms with Crippen molar-refractivity contribution in [1.82, 2.24) is 0 Å². The average molecular weight is 340 g/mol. The lowest BCUT2D eigenvalue weighted by molar-refractivity contribution is 0.0735.